The Kier molecular flexibility index (Phi) is 34.2. The Hall–Kier alpha value is -0.940. The topological polar surface area (TPSA) is 78.4 Å². The number of imide groups is 1. The van der Waals surface area contributed by atoms with Crippen molar-refractivity contribution in [2.24, 2.45) is 0 Å². The van der Waals surface area contributed by atoms with E-state index in [4.69, 9.17) is 5.11 Å². The maximum Gasteiger partial charge on any atom is 0.226 e. The van der Waals surface area contributed by atoms with Gasteiger partial charge in [0.05, 0.1) is 0 Å². The van der Waals surface area contributed by atoms with E-state index >= 15 is 0 Å². The third kappa shape index (κ3) is 35.3. The molecule has 0 heterocycles. The standard InChI is InChI=1S/C24H47NO2.C6H15NO/c1-3-5-7-9-11-13-15-17-19-21-23(26)25-24(27)22-20-18-16-14-12-10-8-6-4-2;1-2-4-7-5-3-6-8/h3-22H2,1-2H3,(H,25,26,27);7-8H,2-6H2,1H3. The lowest BCUT2D eigenvalue weighted by Gasteiger charge is -2.05. The lowest BCUT2D eigenvalue weighted by atomic mass is 10.1. The number of unbranched alkanes of at least 4 members (excludes halogenated alkanes) is 16. The van der Waals surface area contributed by atoms with Crippen molar-refractivity contribution in [3.8, 4) is 0 Å². The first-order valence-corrected chi connectivity index (χ1v) is 15.3. The summed E-state index contributed by atoms with van der Waals surface area (Å²) in [4.78, 5) is 23.6. The van der Waals surface area contributed by atoms with Crippen molar-refractivity contribution >= 4 is 11.8 Å². The van der Waals surface area contributed by atoms with Gasteiger partial charge in [-0.3, -0.25) is 14.9 Å². The summed E-state index contributed by atoms with van der Waals surface area (Å²) in [6.07, 6.45) is 25.4. The maximum absolute atomic E-state index is 11.8. The third-order valence-electron chi connectivity index (χ3n) is 6.23. The summed E-state index contributed by atoms with van der Waals surface area (Å²) in [6.45, 7) is 8.94. The fourth-order valence-electron chi connectivity index (χ4n) is 3.98. The predicted molar refractivity (Wildman–Crippen MR) is 152 cm³/mol. The largest absolute Gasteiger partial charge is 0.396 e. The molecule has 5 nitrogen and oxygen atoms in total. The molecule has 0 bridgehead atoms. The summed E-state index contributed by atoms with van der Waals surface area (Å²) < 4.78 is 0. The van der Waals surface area contributed by atoms with E-state index < -0.39 is 0 Å². The minimum Gasteiger partial charge on any atom is -0.396 e. The first-order valence-electron chi connectivity index (χ1n) is 15.3. The molecule has 0 saturated heterocycles. The van der Waals surface area contributed by atoms with Crippen molar-refractivity contribution in [3.05, 3.63) is 0 Å². The lowest BCUT2D eigenvalue weighted by Crippen LogP contribution is -2.29. The maximum atomic E-state index is 11.8. The molecule has 0 unspecified atom stereocenters. The van der Waals surface area contributed by atoms with Gasteiger partial charge in [0.25, 0.3) is 0 Å². The summed E-state index contributed by atoms with van der Waals surface area (Å²) in [5.74, 6) is -0.169. The van der Waals surface area contributed by atoms with Crippen LogP contribution < -0.4 is 10.6 Å². The molecule has 0 aromatic rings. The number of aliphatic hydroxyl groups is 1. The number of aliphatic hydroxyl groups excluding tert-OH is 1. The van der Waals surface area contributed by atoms with Crippen LogP contribution in [0.5, 0.6) is 0 Å². The van der Waals surface area contributed by atoms with Gasteiger partial charge < -0.3 is 10.4 Å². The highest BCUT2D eigenvalue weighted by Crippen LogP contribution is 2.11. The molecule has 5 heteroatoms. The van der Waals surface area contributed by atoms with Gasteiger partial charge in [0.1, 0.15) is 0 Å². The van der Waals surface area contributed by atoms with Crippen molar-refractivity contribution in [2.45, 2.75) is 162 Å². The highest BCUT2D eigenvalue weighted by molar-refractivity contribution is 5.95. The number of rotatable bonds is 25. The highest BCUT2D eigenvalue weighted by atomic mass is 16.3. The minimum atomic E-state index is -0.0844. The van der Waals surface area contributed by atoms with E-state index in [0.717, 1.165) is 45.2 Å². The van der Waals surface area contributed by atoms with Gasteiger partial charge in [-0.2, -0.15) is 0 Å². The Morgan fingerprint density at radius 2 is 0.857 bits per heavy atom. The molecule has 0 aliphatic heterocycles. The number of hydrogen-bond acceptors (Lipinski definition) is 4. The average Bonchev–Trinajstić information content (AvgIpc) is 2.85. The molecule has 0 atom stereocenters. The average molecular weight is 499 g/mol. The SMILES string of the molecule is CCCCCCCCCCCC(=O)NC(=O)CCCCCCCCCCC.CCCNCCCO. The molecule has 2 amide bonds. The van der Waals surface area contributed by atoms with Gasteiger partial charge in [0.15, 0.2) is 0 Å². The van der Waals surface area contributed by atoms with Crippen LogP contribution in [0.3, 0.4) is 0 Å². The summed E-state index contributed by atoms with van der Waals surface area (Å²) in [6, 6.07) is 0. The van der Waals surface area contributed by atoms with Crippen LogP contribution in [0.25, 0.3) is 0 Å². The van der Waals surface area contributed by atoms with Gasteiger partial charge in [0.2, 0.25) is 11.8 Å². The van der Waals surface area contributed by atoms with Crippen molar-refractivity contribution in [1.29, 1.82) is 0 Å². The van der Waals surface area contributed by atoms with Gasteiger partial charge in [-0.25, -0.2) is 0 Å². The normalized spacial score (nSPS) is 10.6. The van der Waals surface area contributed by atoms with E-state index in [1.807, 2.05) is 0 Å². The highest BCUT2D eigenvalue weighted by Gasteiger charge is 2.07. The van der Waals surface area contributed by atoms with Crippen LogP contribution in [-0.2, 0) is 9.59 Å². The zero-order valence-electron chi connectivity index (χ0n) is 23.9. The first kappa shape index (κ1) is 36.2. The van der Waals surface area contributed by atoms with E-state index in [-0.39, 0.29) is 11.8 Å². The van der Waals surface area contributed by atoms with E-state index in [1.165, 1.54) is 96.3 Å². The second-order valence-electron chi connectivity index (χ2n) is 9.96. The molecule has 0 aromatic carbocycles. The Bertz CT molecular complexity index is 392. The monoisotopic (exact) mass is 498 g/mol. The summed E-state index contributed by atoms with van der Waals surface area (Å²) >= 11 is 0. The van der Waals surface area contributed by atoms with Gasteiger partial charge in [0, 0.05) is 19.4 Å². The predicted octanol–water partition coefficient (Wildman–Crippen LogP) is 7.84. The van der Waals surface area contributed by atoms with Crippen molar-refractivity contribution in [3.63, 3.8) is 0 Å². The Morgan fingerprint density at radius 1 is 0.486 bits per heavy atom. The molecule has 0 aromatic heterocycles. The van der Waals surface area contributed by atoms with Gasteiger partial charge in [-0.05, 0) is 38.8 Å². The van der Waals surface area contributed by atoms with Crippen molar-refractivity contribution < 1.29 is 14.7 Å². The van der Waals surface area contributed by atoms with Crippen LogP contribution >= 0.6 is 0 Å². The number of hydrogen-bond donors (Lipinski definition) is 3. The van der Waals surface area contributed by atoms with Gasteiger partial charge in [-0.15, -0.1) is 0 Å². The van der Waals surface area contributed by atoms with E-state index in [9.17, 15) is 9.59 Å². The van der Waals surface area contributed by atoms with Crippen LogP contribution in [0.1, 0.15) is 162 Å². The minimum absolute atomic E-state index is 0.0844. The van der Waals surface area contributed by atoms with Crippen molar-refractivity contribution in [1.82, 2.24) is 10.6 Å². The first-order chi connectivity index (χ1) is 17.1. The molecule has 0 aliphatic rings. The molecule has 0 rings (SSSR count). The summed E-state index contributed by atoms with van der Waals surface area (Å²) in [7, 11) is 0. The van der Waals surface area contributed by atoms with Crippen LogP contribution in [0.4, 0.5) is 0 Å². The fraction of sp³-hybridized carbons (Fsp3) is 0.933. The quantitative estimate of drug-likeness (QED) is 0.112. The molecule has 0 fully saturated rings. The van der Waals surface area contributed by atoms with Gasteiger partial charge in [-0.1, -0.05) is 124 Å². The molecule has 0 radical (unpaired) electrons. The number of carbonyl (C=O) groups excluding carboxylic acids is 2. The van der Waals surface area contributed by atoms with Crippen LogP contribution in [0, 0.1) is 0 Å². The van der Waals surface area contributed by atoms with Crippen LogP contribution in [0.15, 0.2) is 0 Å². The molecule has 35 heavy (non-hydrogen) atoms. The van der Waals surface area contributed by atoms with Crippen LogP contribution in [-0.4, -0.2) is 36.6 Å². The number of nitrogens with one attached hydrogen (secondary N) is 2. The fourth-order valence-corrected chi connectivity index (χ4v) is 3.98. The number of amides is 2. The molecular weight excluding hydrogens is 436 g/mol. The number of carbonyl (C=O) groups is 2. The van der Waals surface area contributed by atoms with Crippen LogP contribution in [0.2, 0.25) is 0 Å². The van der Waals surface area contributed by atoms with Gasteiger partial charge >= 0.3 is 0 Å². The van der Waals surface area contributed by atoms with E-state index in [0.29, 0.717) is 19.4 Å². The molecule has 0 aliphatic carbocycles. The molecular formula is C30H62N2O3. The zero-order chi connectivity index (χ0) is 26.2. The van der Waals surface area contributed by atoms with Crippen molar-refractivity contribution in [2.75, 3.05) is 19.7 Å². The third-order valence-corrected chi connectivity index (χ3v) is 6.23. The summed E-state index contributed by atoms with van der Waals surface area (Å²) in [5, 5.41) is 14.1. The van der Waals surface area contributed by atoms with E-state index in [1.54, 1.807) is 0 Å². The Labute approximate surface area is 219 Å². The Morgan fingerprint density at radius 3 is 1.20 bits per heavy atom. The second-order valence-corrected chi connectivity index (χ2v) is 9.96. The zero-order valence-corrected chi connectivity index (χ0v) is 23.9. The molecule has 210 valence electrons. The Balaban J connectivity index is 0. The molecule has 0 saturated carbocycles. The molecule has 3 N–H and O–H groups in total. The molecule has 0 spiro atoms. The smallest absolute Gasteiger partial charge is 0.226 e. The second kappa shape index (κ2) is 33.1. The summed E-state index contributed by atoms with van der Waals surface area (Å²) in [5.41, 5.74) is 0. The van der Waals surface area contributed by atoms with E-state index in [2.05, 4.69) is 31.4 Å². The lowest BCUT2D eigenvalue weighted by molar-refractivity contribution is -0.130.